The smallest absolute Gasteiger partial charge is 0.396 e. The summed E-state index contributed by atoms with van der Waals surface area (Å²) in [5.74, 6) is 1.24. The molecule has 3 atom stereocenters. The van der Waals surface area contributed by atoms with E-state index in [-0.39, 0.29) is 17.9 Å². The molecule has 0 amide bonds. The molecule has 176 valence electrons. The molecule has 0 saturated carbocycles. The Morgan fingerprint density at radius 2 is 2.03 bits per heavy atom. The minimum Gasteiger partial charge on any atom is -0.396 e. The van der Waals surface area contributed by atoms with Crippen LogP contribution in [0, 0.1) is 17.3 Å². The van der Waals surface area contributed by atoms with E-state index in [1.807, 2.05) is 0 Å². The fourth-order valence-electron chi connectivity index (χ4n) is 6.41. The predicted molar refractivity (Wildman–Crippen MR) is 118 cm³/mol. The number of nitrogens with zero attached hydrogens (tertiary/aromatic N) is 1. The molecule has 1 aromatic heterocycles. The van der Waals surface area contributed by atoms with E-state index < -0.39 is 11.7 Å². The molecular formula is C25H33F3N2O2. The average Bonchev–Trinajstić information content (AvgIpc) is 3.16. The summed E-state index contributed by atoms with van der Waals surface area (Å²) in [6.07, 6.45) is 0.526. The molecule has 2 aliphatic heterocycles. The van der Waals surface area contributed by atoms with Gasteiger partial charge in [-0.15, -0.1) is 0 Å². The summed E-state index contributed by atoms with van der Waals surface area (Å²) in [6, 6.07) is 4.09. The van der Waals surface area contributed by atoms with Crippen LogP contribution in [0.1, 0.15) is 55.3 Å². The molecule has 1 aliphatic carbocycles. The second kappa shape index (κ2) is 8.33. The molecule has 2 N–H and O–H groups in total. The number of fused-ring (bicyclic) bond motifs is 4. The van der Waals surface area contributed by atoms with Gasteiger partial charge in [0, 0.05) is 43.0 Å². The summed E-state index contributed by atoms with van der Waals surface area (Å²) < 4.78 is 45.5. The summed E-state index contributed by atoms with van der Waals surface area (Å²) >= 11 is 0. The van der Waals surface area contributed by atoms with E-state index >= 15 is 0 Å². The number of rotatable bonds is 4. The molecule has 2 aromatic rings. The third-order valence-electron chi connectivity index (χ3n) is 8.55. The van der Waals surface area contributed by atoms with Crippen LogP contribution in [0.5, 0.6) is 0 Å². The summed E-state index contributed by atoms with van der Waals surface area (Å²) in [5, 5.41) is 10.7. The van der Waals surface area contributed by atoms with Crippen molar-refractivity contribution in [1.82, 2.24) is 9.88 Å². The maximum absolute atomic E-state index is 13.3. The van der Waals surface area contributed by atoms with Crippen LogP contribution in [0.15, 0.2) is 18.2 Å². The lowest BCUT2D eigenvalue weighted by Crippen LogP contribution is -2.46. The highest BCUT2D eigenvalue weighted by Gasteiger charge is 2.41. The third-order valence-corrected chi connectivity index (χ3v) is 8.55. The van der Waals surface area contributed by atoms with Gasteiger partial charge in [-0.1, -0.05) is 6.92 Å². The van der Waals surface area contributed by atoms with Gasteiger partial charge in [0.25, 0.3) is 0 Å². The first-order chi connectivity index (χ1) is 15.3. The maximum atomic E-state index is 13.3. The van der Waals surface area contributed by atoms with Crippen LogP contribution in [-0.4, -0.2) is 54.4 Å². The van der Waals surface area contributed by atoms with Crippen molar-refractivity contribution in [2.45, 2.75) is 51.1 Å². The minimum atomic E-state index is -4.33. The van der Waals surface area contributed by atoms with E-state index in [4.69, 9.17) is 4.74 Å². The lowest BCUT2D eigenvalue weighted by atomic mass is 9.68. The molecule has 1 unspecified atom stereocenters. The first-order valence-corrected chi connectivity index (χ1v) is 11.9. The lowest BCUT2D eigenvalue weighted by Gasteiger charge is -2.45. The van der Waals surface area contributed by atoms with Gasteiger partial charge in [0.05, 0.1) is 5.56 Å². The summed E-state index contributed by atoms with van der Waals surface area (Å²) in [4.78, 5) is 5.95. The van der Waals surface area contributed by atoms with Gasteiger partial charge < -0.3 is 19.7 Å². The second-order valence-corrected chi connectivity index (χ2v) is 10.3. The number of aliphatic hydroxyl groups is 1. The Morgan fingerprint density at radius 1 is 1.25 bits per heavy atom. The van der Waals surface area contributed by atoms with Gasteiger partial charge >= 0.3 is 6.18 Å². The molecule has 32 heavy (non-hydrogen) atoms. The van der Waals surface area contributed by atoms with Gasteiger partial charge in [-0.25, -0.2) is 0 Å². The maximum Gasteiger partial charge on any atom is 0.416 e. The monoisotopic (exact) mass is 450 g/mol. The highest BCUT2D eigenvalue weighted by Crippen LogP contribution is 2.47. The molecule has 5 rings (SSSR count). The molecule has 7 heteroatoms. The van der Waals surface area contributed by atoms with Crippen molar-refractivity contribution in [2.75, 3.05) is 39.5 Å². The molecule has 0 radical (unpaired) electrons. The first-order valence-electron chi connectivity index (χ1n) is 11.9. The van der Waals surface area contributed by atoms with Crippen LogP contribution in [-0.2, 0) is 17.3 Å². The van der Waals surface area contributed by atoms with Crippen molar-refractivity contribution in [3.63, 3.8) is 0 Å². The molecule has 3 aliphatic rings. The van der Waals surface area contributed by atoms with Crippen molar-refractivity contribution >= 4 is 10.9 Å². The quantitative estimate of drug-likeness (QED) is 0.692. The number of ether oxygens (including phenoxy) is 1. The minimum absolute atomic E-state index is 0.0225. The number of piperidine rings is 1. The summed E-state index contributed by atoms with van der Waals surface area (Å²) in [6.45, 7) is 6.87. The number of hydrogen-bond acceptors (Lipinski definition) is 3. The largest absolute Gasteiger partial charge is 0.416 e. The summed E-state index contributed by atoms with van der Waals surface area (Å²) in [7, 11) is 0. The van der Waals surface area contributed by atoms with Crippen LogP contribution in [0.4, 0.5) is 13.2 Å². The van der Waals surface area contributed by atoms with Crippen molar-refractivity contribution in [1.29, 1.82) is 0 Å². The van der Waals surface area contributed by atoms with Gasteiger partial charge in [-0.2, -0.15) is 13.2 Å². The lowest BCUT2D eigenvalue weighted by molar-refractivity contribution is -0.137. The number of H-pyrrole nitrogens is 1. The van der Waals surface area contributed by atoms with E-state index in [0.29, 0.717) is 11.8 Å². The number of aliphatic hydroxyl groups excluding tert-OH is 1. The molecule has 0 spiro atoms. The molecular weight excluding hydrogens is 417 g/mol. The van der Waals surface area contributed by atoms with Crippen LogP contribution in [0.3, 0.4) is 0 Å². The highest BCUT2D eigenvalue weighted by molar-refractivity contribution is 5.86. The van der Waals surface area contributed by atoms with E-state index in [2.05, 4.69) is 16.8 Å². The van der Waals surface area contributed by atoms with Gasteiger partial charge in [0.15, 0.2) is 0 Å². The standard InChI is InChI=1S/C25H33F3N2O2/c1-16-20-14-30(9-5-24(15-31)6-10-32-11-7-24)8-4-17(20)12-22-23(16)19-13-18(25(26,27)28)2-3-21(19)29-22/h2-3,13,16-17,20,29,31H,4-12,14-15H2,1H3/t16-,17?,20-/m1/s1. The van der Waals surface area contributed by atoms with E-state index in [1.54, 1.807) is 6.07 Å². The number of halogens is 3. The van der Waals surface area contributed by atoms with Crippen LogP contribution < -0.4 is 0 Å². The fraction of sp³-hybridized carbons (Fsp3) is 0.680. The number of likely N-dealkylation sites (tertiary alicyclic amines) is 1. The Bertz CT molecular complexity index is 964. The van der Waals surface area contributed by atoms with Gasteiger partial charge in [-0.05, 0) is 92.1 Å². The second-order valence-electron chi connectivity index (χ2n) is 10.3. The molecule has 4 nitrogen and oxygen atoms in total. The molecule has 2 saturated heterocycles. The molecule has 0 bridgehead atoms. The van der Waals surface area contributed by atoms with Crippen molar-refractivity contribution < 1.29 is 23.0 Å². The normalized spacial score (nSPS) is 28.5. The number of alkyl halides is 3. The van der Waals surface area contributed by atoms with E-state index in [1.165, 1.54) is 12.1 Å². The highest BCUT2D eigenvalue weighted by atomic mass is 19.4. The predicted octanol–water partition coefficient (Wildman–Crippen LogP) is 4.96. The van der Waals surface area contributed by atoms with Gasteiger partial charge in [0.2, 0.25) is 0 Å². The number of aromatic amines is 1. The topological polar surface area (TPSA) is 48.5 Å². The van der Waals surface area contributed by atoms with Crippen molar-refractivity contribution in [2.24, 2.45) is 17.3 Å². The van der Waals surface area contributed by atoms with Gasteiger partial charge in [0.1, 0.15) is 0 Å². The fourth-order valence-corrected chi connectivity index (χ4v) is 6.41. The Hall–Kier alpha value is -1.57. The Morgan fingerprint density at radius 3 is 2.75 bits per heavy atom. The zero-order valence-electron chi connectivity index (χ0n) is 18.7. The third kappa shape index (κ3) is 3.97. The van der Waals surface area contributed by atoms with Crippen LogP contribution >= 0.6 is 0 Å². The SMILES string of the molecule is C[C@H]1c2c([nH]c3ccc(C(F)(F)F)cc23)CC2CCN(CCC3(CO)CCOCC3)C[C@@H]21. The number of aromatic nitrogens is 1. The van der Waals surface area contributed by atoms with Crippen molar-refractivity contribution in [3.05, 3.63) is 35.0 Å². The zero-order valence-corrected chi connectivity index (χ0v) is 18.7. The van der Waals surface area contributed by atoms with E-state index in [0.717, 1.165) is 87.1 Å². The first kappa shape index (κ1) is 22.2. The molecule has 1 aromatic carbocycles. The number of nitrogens with one attached hydrogen (secondary N) is 1. The van der Waals surface area contributed by atoms with Crippen molar-refractivity contribution in [3.8, 4) is 0 Å². The summed E-state index contributed by atoms with van der Waals surface area (Å²) in [5.41, 5.74) is 2.44. The van der Waals surface area contributed by atoms with Crippen LogP contribution in [0.2, 0.25) is 0 Å². The number of benzene rings is 1. The Labute approximate surface area is 187 Å². The zero-order chi connectivity index (χ0) is 22.5. The Balaban J connectivity index is 1.34. The molecule has 2 fully saturated rings. The van der Waals surface area contributed by atoms with E-state index in [9.17, 15) is 18.3 Å². The number of hydrogen-bond donors (Lipinski definition) is 2. The Kier molecular flexibility index (Phi) is 5.79. The van der Waals surface area contributed by atoms with Crippen LogP contribution in [0.25, 0.3) is 10.9 Å². The van der Waals surface area contributed by atoms with Gasteiger partial charge in [-0.3, -0.25) is 0 Å². The molecule has 3 heterocycles. The average molecular weight is 451 g/mol.